The van der Waals surface area contributed by atoms with Crippen molar-refractivity contribution in [1.29, 1.82) is 0 Å². The van der Waals surface area contributed by atoms with Crippen molar-refractivity contribution in [2.45, 2.75) is 39.8 Å². The van der Waals surface area contributed by atoms with E-state index in [0.717, 1.165) is 11.1 Å². The average molecular weight is 249 g/mol. The van der Waals surface area contributed by atoms with Gasteiger partial charge in [-0.1, -0.05) is 12.1 Å². The third-order valence-corrected chi connectivity index (χ3v) is 3.74. The smallest absolute Gasteiger partial charge is 0.179 e. The highest BCUT2D eigenvalue weighted by molar-refractivity contribution is 6.00. The first-order valence-electron chi connectivity index (χ1n) is 6.32. The molecule has 2 atom stereocenters. The number of carbonyl (C=O) groups is 1. The molecule has 2 unspecified atom stereocenters. The zero-order valence-electron chi connectivity index (χ0n) is 11.9. The molecule has 0 amide bonds. The van der Waals surface area contributed by atoms with Crippen LogP contribution in [0.3, 0.4) is 0 Å². The molecule has 0 aliphatic heterocycles. The molecular formula is C15H23NO2. The van der Waals surface area contributed by atoms with Crippen molar-refractivity contribution >= 4 is 5.78 Å². The number of aliphatic hydroxyl groups excluding tert-OH is 1. The molecule has 0 spiro atoms. The summed E-state index contributed by atoms with van der Waals surface area (Å²) in [5, 5.41) is 9.13. The molecule has 0 aliphatic carbocycles. The maximum absolute atomic E-state index is 12.3. The first-order chi connectivity index (χ1) is 8.38. The lowest BCUT2D eigenvalue weighted by Crippen LogP contribution is -2.43. The number of hydrogen-bond donors (Lipinski definition) is 1. The minimum absolute atomic E-state index is 0.0181. The Bertz CT molecular complexity index is 429. The number of likely N-dealkylation sites (N-methyl/N-ethyl adjacent to an activating group) is 1. The minimum Gasteiger partial charge on any atom is -0.395 e. The van der Waals surface area contributed by atoms with Crippen LogP contribution in [-0.4, -0.2) is 41.5 Å². The van der Waals surface area contributed by atoms with Crippen LogP contribution in [0, 0.1) is 13.8 Å². The predicted molar refractivity (Wildman–Crippen MR) is 74.0 cm³/mol. The van der Waals surface area contributed by atoms with E-state index in [1.54, 1.807) is 0 Å². The molecule has 1 aromatic rings. The third-order valence-electron chi connectivity index (χ3n) is 3.74. The number of ketones is 1. The second kappa shape index (κ2) is 6.12. The zero-order chi connectivity index (χ0) is 13.9. The van der Waals surface area contributed by atoms with Gasteiger partial charge < -0.3 is 5.11 Å². The molecule has 1 N–H and O–H groups in total. The largest absolute Gasteiger partial charge is 0.395 e. The molecule has 0 heterocycles. The lowest BCUT2D eigenvalue weighted by molar-refractivity contribution is 0.0763. The van der Waals surface area contributed by atoms with Gasteiger partial charge >= 0.3 is 0 Å². The second-order valence-corrected chi connectivity index (χ2v) is 5.04. The van der Waals surface area contributed by atoms with Crippen molar-refractivity contribution in [3.63, 3.8) is 0 Å². The summed E-state index contributed by atoms with van der Waals surface area (Å²) in [7, 11) is 1.87. The Kier molecular flexibility index (Phi) is 5.05. The van der Waals surface area contributed by atoms with Crippen molar-refractivity contribution in [2.75, 3.05) is 13.7 Å². The van der Waals surface area contributed by atoms with E-state index in [1.165, 1.54) is 5.56 Å². The number of carbonyl (C=O) groups excluding carboxylic acids is 1. The van der Waals surface area contributed by atoms with Gasteiger partial charge in [0.15, 0.2) is 5.78 Å². The van der Waals surface area contributed by atoms with Gasteiger partial charge in [-0.2, -0.15) is 0 Å². The lowest BCUT2D eigenvalue weighted by Gasteiger charge is -2.28. The molecule has 0 bridgehead atoms. The fourth-order valence-corrected chi connectivity index (χ4v) is 1.83. The van der Waals surface area contributed by atoms with Crippen LogP contribution in [0.15, 0.2) is 18.2 Å². The SMILES string of the molecule is Cc1ccc(C(=O)C(C)N(C)C(C)CO)cc1C. The van der Waals surface area contributed by atoms with Crippen molar-refractivity contribution in [2.24, 2.45) is 0 Å². The lowest BCUT2D eigenvalue weighted by atomic mass is 9.99. The van der Waals surface area contributed by atoms with Gasteiger partial charge in [-0.05, 0) is 51.9 Å². The van der Waals surface area contributed by atoms with E-state index in [4.69, 9.17) is 5.11 Å². The van der Waals surface area contributed by atoms with Crippen molar-refractivity contribution in [3.8, 4) is 0 Å². The van der Waals surface area contributed by atoms with Gasteiger partial charge in [-0.25, -0.2) is 0 Å². The van der Waals surface area contributed by atoms with E-state index in [9.17, 15) is 4.79 Å². The molecule has 0 aliphatic rings. The maximum atomic E-state index is 12.3. The Morgan fingerprint density at radius 1 is 1.28 bits per heavy atom. The molecule has 1 aromatic carbocycles. The van der Waals surface area contributed by atoms with Gasteiger partial charge in [-0.3, -0.25) is 9.69 Å². The van der Waals surface area contributed by atoms with Crippen LogP contribution in [0.5, 0.6) is 0 Å². The fourth-order valence-electron chi connectivity index (χ4n) is 1.83. The molecule has 3 heteroatoms. The van der Waals surface area contributed by atoms with Crippen LogP contribution in [0.1, 0.15) is 35.3 Å². The van der Waals surface area contributed by atoms with Crippen LogP contribution in [-0.2, 0) is 0 Å². The van der Waals surface area contributed by atoms with E-state index in [2.05, 4.69) is 0 Å². The van der Waals surface area contributed by atoms with Gasteiger partial charge in [-0.15, -0.1) is 0 Å². The number of nitrogens with zero attached hydrogens (tertiary/aromatic N) is 1. The van der Waals surface area contributed by atoms with Gasteiger partial charge in [0.2, 0.25) is 0 Å². The van der Waals surface area contributed by atoms with E-state index < -0.39 is 0 Å². The summed E-state index contributed by atoms with van der Waals surface area (Å²) < 4.78 is 0. The van der Waals surface area contributed by atoms with E-state index in [1.807, 2.05) is 57.8 Å². The number of aryl methyl sites for hydroxylation is 2. The third kappa shape index (κ3) is 3.18. The second-order valence-electron chi connectivity index (χ2n) is 5.04. The first kappa shape index (κ1) is 14.9. The summed E-state index contributed by atoms with van der Waals surface area (Å²) in [5.74, 6) is 0.0981. The van der Waals surface area contributed by atoms with Crippen LogP contribution in [0.2, 0.25) is 0 Å². The Labute approximate surface area is 109 Å². The zero-order valence-corrected chi connectivity index (χ0v) is 11.9. The molecule has 0 fully saturated rings. The molecular weight excluding hydrogens is 226 g/mol. The Balaban J connectivity index is 2.89. The van der Waals surface area contributed by atoms with Crippen LogP contribution in [0.4, 0.5) is 0 Å². The maximum Gasteiger partial charge on any atom is 0.179 e. The summed E-state index contributed by atoms with van der Waals surface area (Å²) in [6, 6.07) is 5.54. The van der Waals surface area contributed by atoms with E-state index in [-0.39, 0.29) is 24.5 Å². The number of benzene rings is 1. The molecule has 100 valence electrons. The van der Waals surface area contributed by atoms with Crippen LogP contribution < -0.4 is 0 Å². The molecule has 0 saturated carbocycles. The van der Waals surface area contributed by atoms with Gasteiger partial charge in [0.05, 0.1) is 12.6 Å². The molecule has 3 nitrogen and oxygen atoms in total. The highest BCUT2D eigenvalue weighted by Crippen LogP contribution is 2.14. The molecule has 0 saturated heterocycles. The quantitative estimate of drug-likeness (QED) is 0.813. The highest BCUT2D eigenvalue weighted by atomic mass is 16.3. The molecule has 0 radical (unpaired) electrons. The standard InChI is InChI=1S/C15H23NO2/c1-10-6-7-14(8-11(10)2)15(18)13(4)16(5)12(3)9-17/h6-8,12-13,17H,9H2,1-5H3. The molecule has 18 heavy (non-hydrogen) atoms. The molecule has 1 rings (SSSR count). The van der Waals surface area contributed by atoms with Gasteiger partial charge in [0, 0.05) is 11.6 Å². The van der Waals surface area contributed by atoms with Crippen LogP contribution >= 0.6 is 0 Å². The summed E-state index contributed by atoms with van der Waals surface area (Å²) in [6.07, 6.45) is 0. The summed E-state index contributed by atoms with van der Waals surface area (Å²) in [5.41, 5.74) is 3.06. The van der Waals surface area contributed by atoms with Crippen molar-refractivity contribution in [1.82, 2.24) is 4.90 Å². The van der Waals surface area contributed by atoms with Crippen molar-refractivity contribution in [3.05, 3.63) is 34.9 Å². The minimum atomic E-state index is -0.228. The molecule has 0 aromatic heterocycles. The Hall–Kier alpha value is -1.19. The number of aliphatic hydroxyl groups is 1. The summed E-state index contributed by atoms with van der Waals surface area (Å²) in [4.78, 5) is 14.2. The summed E-state index contributed by atoms with van der Waals surface area (Å²) in [6.45, 7) is 7.89. The van der Waals surface area contributed by atoms with Gasteiger partial charge in [0.1, 0.15) is 0 Å². The average Bonchev–Trinajstić information content (AvgIpc) is 2.38. The monoisotopic (exact) mass is 249 g/mol. The fraction of sp³-hybridized carbons (Fsp3) is 0.533. The normalized spacial score (nSPS) is 14.6. The first-order valence-corrected chi connectivity index (χ1v) is 6.32. The topological polar surface area (TPSA) is 40.5 Å². The Morgan fingerprint density at radius 2 is 1.89 bits per heavy atom. The van der Waals surface area contributed by atoms with Crippen molar-refractivity contribution < 1.29 is 9.90 Å². The number of hydrogen-bond acceptors (Lipinski definition) is 3. The highest BCUT2D eigenvalue weighted by Gasteiger charge is 2.22. The summed E-state index contributed by atoms with van der Waals surface area (Å²) >= 11 is 0. The number of rotatable bonds is 5. The van der Waals surface area contributed by atoms with Crippen LogP contribution in [0.25, 0.3) is 0 Å². The predicted octanol–water partition coefficient (Wildman–Crippen LogP) is 2.19. The van der Waals surface area contributed by atoms with E-state index >= 15 is 0 Å². The van der Waals surface area contributed by atoms with Gasteiger partial charge in [0.25, 0.3) is 0 Å². The number of Topliss-reactive ketones (excluding diaryl/α,β-unsaturated/α-hetero) is 1. The van der Waals surface area contributed by atoms with E-state index in [0.29, 0.717) is 0 Å². The Morgan fingerprint density at radius 3 is 2.39 bits per heavy atom.